The number of rotatable bonds is 5. The fourth-order valence-electron chi connectivity index (χ4n) is 3.51. The maximum Gasteiger partial charge on any atom is 0.326 e. The molecule has 0 saturated heterocycles. The number of hydrogen-bond donors (Lipinski definition) is 4. The number of carboxylic acid groups (broad SMARTS) is 1. The van der Waals surface area contributed by atoms with Crippen LogP contribution in [0.25, 0.3) is 10.9 Å². The molecule has 0 saturated carbocycles. The third kappa shape index (κ3) is 3.82. The number of fused-ring (bicyclic) bond motifs is 2. The molecule has 2 amide bonds. The summed E-state index contributed by atoms with van der Waals surface area (Å²) in [6, 6.07) is 7.92. The molecule has 1 aromatic heterocycles. The standard InChI is InChI=1S/C21H18FN3O4/c22-14-3-4-15-13(10-23-17(15)9-14)8-18(21(28)29)25-20(27)12-1-5-16-11(7-12)2-6-19(26)24-16/h1,3-5,7,9-10,18,23H,2,6,8H2,(H,24,26)(H,25,27)(H,28,29). The number of aryl methyl sites for hydroxylation is 1. The smallest absolute Gasteiger partial charge is 0.326 e. The van der Waals surface area contributed by atoms with E-state index in [4.69, 9.17) is 0 Å². The highest BCUT2D eigenvalue weighted by Crippen LogP contribution is 2.24. The molecule has 1 unspecified atom stereocenters. The first-order chi connectivity index (χ1) is 13.9. The summed E-state index contributed by atoms with van der Waals surface area (Å²) >= 11 is 0. The number of halogens is 1. The lowest BCUT2D eigenvalue weighted by atomic mass is 9.99. The van der Waals surface area contributed by atoms with Gasteiger partial charge in [-0.15, -0.1) is 0 Å². The number of aromatic amines is 1. The van der Waals surface area contributed by atoms with Crippen molar-refractivity contribution in [1.29, 1.82) is 0 Å². The molecule has 4 N–H and O–H groups in total. The SMILES string of the molecule is O=C1CCc2cc(C(=O)NC(Cc3c[nH]c4cc(F)ccc34)C(=O)O)ccc2N1. The van der Waals surface area contributed by atoms with E-state index in [1.807, 2.05) is 0 Å². The minimum absolute atomic E-state index is 0.0493. The highest BCUT2D eigenvalue weighted by Gasteiger charge is 2.24. The first-order valence-electron chi connectivity index (χ1n) is 9.12. The maximum absolute atomic E-state index is 13.3. The summed E-state index contributed by atoms with van der Waals surface area (Å²) in [5, 5.41) is 15.6. The fourth-order valence-corrected chi connectivity index (χ4v) is 3.51. The van der Waals surface area contributed by atoms with Crippen molar-refractivity contribution in [3.8, 4) is 0 Å². The summed E-state index contributed by atoms with van der Waals surface area (Å²) in [7, 11) is 0. The molecule has 4 rings (SSSR count). The Hall–Kier alpha value is -3.68. The van der Waals surface area contributed by atoms with Gasteiger partial charge in [0, 0.05) is 41.2 Å². The normalized spacial score (nSPS) is 14.2. The highest BCUT2D eigenvalue weighted by molar-refractivity contribution is 5.99. The van der Waals surface area contributed by atoms with E-state index in [1.165, 1.54) is 12.1 Å². The number of carboxylic acids is 1. The van der Waals surface area contributed by atoms with Gasteiger partial charge in [-0.25, -0.2) is 9.18 Å². The molecule has 0 bridgehead atoms. The number of aromatic nitrogens is 1. The second-order valence-electron chi connectivity index (χ2n) is 6.99. The van der Waals surface area contributed by atoms with Crippen LogP contribution in [0.15, 0.2) is 42.6 Å². The lowest BCUT2D eigenvalue weighted by Crippen LogP contribution is -2.42. The molecule has 3 aromatic rings. The predicted molar refractivity (Wildman–Crippen MR) is 104 cm³/mol. The molecular weight excluding hydrogens is 377 g/mol. The van der Waals surface area contributed by atoms with Gasteiger partial charge in [-0.1, -0.05) is 0 Å². The summed E-state index contributed by atoms with van der Waals surface area (Å²) in [4.78, 5) is 38.7. The van der Waals surface area contributed by atoms with Gasteiger partial charge in [0.05, 0.1) is 0 Å². The molecule has 1 aliphatic heterocycles. The van der Waals surface area contributed by atoms with Gasteiger partial charge in [0.25, 0.3) is 5.91 Å². The molecule has 0 fully saturated rings. The van der Waals surface area contributed by atoms with E-state index in [9.17, 15) is 23.9 Å². The lowest BCUT2D eigenvalue weighted by molar-refractivity contribution is -0.139. The molecule has 7 nitrogen and oxygen atoms in total. The second kappa shape index (κ2) is 7.38. The van der Waals surface area contributed by atoms with Gasteiger partial charge in [0.2, 0.25) is 5.91 Å². The first-order valence-corrected chi connectivity index (χ1v) is 9.12. The minimum atomic E-state index is -1.17. The molecule has 148 valence electrons. The largest absolute Gasteiger partial charge is 0.480 e. The minimum Gasteiger partial charge on any atom is -0.480 e. The van der Waals surface area contributed by atoms with Crippen molar-refractivity contribution in [3.05, 3.63) is 65.1 Å². The molecule has 0 aliphatic carbocycles. The van der Waals surface area contributed by atoms with Crippen molar-refractivity contribution in [2.75, 3.05) is 5.32 Å². The van der Waals surface area contributed by atoms with Gasteiger partial charge in [-0.05, 0) is 53.9 Å². The number of hydrogen-bond acceptors (Lipinski definition) is 3. The molecule has 2 heterocycles. The monoisotopic (exact) mass is 395 g/mol. The molecule has 8 heteroatoms. The molecule has 0 spiro atoms. The van der Waals surface area contributed by atoms with Crippen LogP contribution in [-0.4, -0.2) is 33.9 Å². The molecule has 1 aliphatic rings. The Balaban J connectivity index is 1.53. The van der Waals surface area contributed by atoms with Crippen LogP contribution in [-0.2, 0) is 22.4 Å². The number of H-pyrrole nitrogens is 1. The quantitative estimate of drug-likeness (QED) is 0.532. The number of amides is 2. The van der Waals surface area contributed by atoms with Gasteiger partial charge in [0.1, 0.15) is 11.9 Å². The molecule has 0 radical (unpaired) electrons. The Morgan fingerprint density at radius 3 is 2.79 bits per heavy atom. The number of carbonyl (C=O) groups excluding carboxylic acids is 2. The van der Waals surface area contributed by atoms with Crippen LogP contribution in [0.1, 0.15) is 27.9 Å². The second-order valence-corrected chi connectivity index (χ2v) is 6.99. The van der Waals surface area contributed by atoms with Crippen LogP contribution in [0, 0.1) is 5.82 Å². The van der Waals surface area contributed by atoms with Gasteiger partial charge in [-0.2, -0.15) is 0 Å². The Kier molecular flexibility index (Phi) is 4.75. The van der Waals surface area contributed by atoms with E-state index in [1.54, 1.807) is 30.5 Å². The number of benzene rings is 2. The summed E-state index contributed by atoms with van der Waals surface area (Å²) in [6.45, 7) is 0. The lowest BCUT2D eigenvalue weighted by Gasteiger charge is -2.18. The van der Waals surface area contributed by atoms with Crippen LogP contribution < -0.4 is 10.6 Å². The molecule has 1 atom stereocenters. The Labute approximate surface area is 164 Å². The van der Waals surface area contributed by atoms with E-state index >= 15 is 0 Å². The summed E-state index contributed by atoms with van der Waals surface area (Å²) in [6.07, 6.45) is 2.54. The van der Waals surface area contributed by atoms with Crippen LogP contribution in [0.2, 0.25) is 0 Å². The van der Waals surface area contributed by atoms with Gasteiger partial charge in [-0.3, -0.25) is 9.59 Å². The predicted octanol–water partition coefficient (Wildman–Crippen LogP) is 2.62. The van der Waals surface area contributed by atoms with Gasteiger partial charge >= 0.3 is 5.97 Å². The average molecular weight is 395 g/mol. The van der Waals surface area contributed by atoms with E-state index < -0.39 is 23.7 Å². The zero-order valence-corrected chi connectivity index (χ0v) is 15.3. The van der Waals surface area contributed by atoms with Crippen LogP contribution in [0.4, 0.5) is 10.1 Å². The van der Waals surface area contributed by atoms with E-state index in [0.29, 0.717) is 40.6 Å². The number of aliphatic carboxylic acids is 1. The van der Waals surface area contributed by atoms with Crippen molar-refractivity contribution in [1.82, 2.24) is 10.3 Å². The van der Waals surface area contributed by atoms with E-state index in [2.05, 4.69) is 15.6 Å². The van der Waals surface area contributed by atoms with Crippen molar-refractivity contribution in [3.63, 3.8) is 0 Å². The zero-order valence-electron chi connectivity index (χ0n) is 15.3. The van der Waals surface area contributed by atoms with Crippen molar-refractivity contribution >= 4 is 34.4 Å². The first kappa shape index (κ1) is 18.7. The zero-order chi connectivity index (χ0) is 20.5. The van der Waals surface area contributed by atoms with Gasteiger partial charge in [0.15, 0.2) is 0 Å². The Morgan fingerprint density at radius 2 is 2.00 bits per heavy atom. The third-order valence-electron chi connectivity index (χ3n) is 5.02. The average Bonchev–Trinajstić information content (AvgIpc) is 3.08. The summed E-state index contributed by atoms with van der Waals surface area (Å²) in [5.41, 5.74) is 3.06. The third-order valence-corrected chi connectivity index (χ3v) is 5.02. The van der Waals surface area contributed by atoms with Crippen molar-refractivity contribution < 1.29 is 23.9 Å². The maximum atomic E-state index is 13.3. The van der Waals surface area contributed by atoms with Crippen LogP contribution in [0.3, 0.4) is 0 Å². The van der Waals surface area contributed by atoms with Crippen LogP contribution >= 0.6 is 0 Å². The number of anilines is 1. The number of nitrogens with one attached hydrogen (secondary N) is 3. The molecule has 2 aromatic carbocycles. The topological polar surface area (TPSA) is 111 Å². The summed E-state index contributed by atoms with van der Waals surface area (Å²) < 4.78 is 13.3. The van der Waals surface area contributed by atoms with Crippen molar-refractivity contribution in [2.45, 2.75) is 25.3 Å². The van der Waals surface area contributed by atoms with Gasteiger partial charge < -0.3 is 20.7 Å². The van der Waals surface area contributed by atoms with E-state index in [0.717, 1.165) is 5.56 Å². The van der Waals surface area contributed by atoms with E-state index in [-0.39, 0.29) is 12.3 Å². The molecule has 29 heavy (non-hydrogen) atoms. The molecular formula is C21H18FN3O4. The Bertz CT molecular complexity index is 1140. The van der Waals surface area contributed by atoms with Crippen molar-refractivity contribution in [2.24, 2.45) is 0 Å². The van der Waals surface area contributed by atoms with Crippen LogP contribution in [0.5, 0.6) is 0 Å². The Morgan fingerprint density at radius 1 is 1.17 bits per heavy atom. The fraction of sp³-hybridized carbons (Fsp3) is 0.190. The summed E-state index contributed by atoms with van der Waals surface area (Å²) in [5.74, 6) is -2.14. The highest BCUT2D eigenvalue weighted by atomic mass is 19.1. The number of carbonyl (C=O) groups is 3.